The van der Waals surface area contributed by atoms with Crippen LogP contribution in [0.15, 0.2) is 24.3 Å². The number of likely N-dealkylation sites (tertiary alicyclic amines) is 1. The Morgan fingerprint density at radius 3 is 2.64 bits per heavy atom. The normalized spacial score (nSPS) is 27.0. The first-order valence-electron chi connectivity index (χ1n) is 8.60. The Morgan fingerprint density at radius 1 is 1.24 bits per heavy atom. The molecule has 0 spiro atoms. The van der Waals surface area contributed by atoms with Crippen LogP contribution in [0.2, 0.25) is 0 Å². The number of nitrogens with zero attached hydrogens (tertiary/aromatic N) is 2. The average Bonchev–Trinajstić information content (AvgIpc) is 2.64. The van der Waals surface area contributed by atoms with Crippen LogP contribution in [-0.2, 0) is 15.0 Å². The third kappa shape index (κ3) is 3.80. The molecule has 3 rings (SSSR count). The van der Waals surface area contributed by atoms with E-state index in [1.54, 1.807) is 18.1 Å². The lowest BCUT2D eigenvalue weighted by molar-refractivity contribution is -0.136. The summed E-state index contributed by atoms with van der Waals surface area (Å²) in [5, 5.41) is 0. The highest BCUT2D eigenvalue weighted by Crippen LogP contribution is 2.30. The number of carbonyl (C=O) groups is 1. The predicted octanol–water partition coefficient (Wildman–Crippen LogP) is 1.29. The fraction of sp³-hybridized carbons (Fsp3) is 0.588. The number of amides is 1. The first-order chi connectivity index (χ1) is 11.9. The van der Waals surface area contributed by atoms with Crippen molar-refractivity contribution in [3.05, 3.63) is 29.8 Å². The van der Waals surface area contributed by atoms with Crippen LogP contribution >= 0.6 is 0 Å². The molecule has 2 heterocycles. The molecule has 7 nitrogen and oxygen atoms in total. The molecule has 138 valence electrons. The second-order valence-electron chi connectivity index (χ2n) is 6.61. The van der Waals surface area contributed by atoms with Gasteiger partial charge in [0.1, 0.15) is 11.8 Å². The molecule has 0 bridgehead atoms. The number of likely N-dealkylation sites (N-methyl/N-ethyl adjacent to an activating group) is 1. The van der Waals surface area contributed by atoms with Crippen molar-refractivity contribution in [1.29, 1.82) is 0 Å². The van der Waals surface area contributed by atoms with Crippen LogP contribution in [0.25, 0.3) is 0 Å². The number of hydrogen-bond donors (Lipinski definition) is 1. The minimum atomic E-state index is -3.72. The maximum atomic E-state index is 12.9. The maximum absolute atomic E-state index is 12.9. The van der Waals surface area contributed by atoms with Gasteiger partial charge < -0.3 is 9.64 Å². The third-order valence-electron chi connectivity index (χ3n) is 5.02. The first-order valence-corrected chi connectivity index (χ1v) is 10.0. The zero-order valence-corrected chi connectivity index (χ0v) is 15.5. The van der Waals surface area contributed by atoms with E-state index in [1.807, 2.05) is 18.2 Å². The summed E-state index contributed by atoms with van der Waals surface area (Å²) in [6.07, 6.45) is 3.48. The zero-order chi connectivity index (χ0) is 18.0. The molecule has 1 N–H and O–H groups in total. The Labute approximate surface area is 149 Å². The molecule has 8 heteroatoms. The summed E-state index contributed by atoms with van der Waals surface area (Å²) >= 11 is 0. The van der Waals surface area contributed by atoms with Crippen molar-refractivity contribution in [2.75, 3.05) is 27.2 Å². The van der Waals surface area contributed by atoms with E-state index < -0.39 is 22.3 Å². The van der Waals surface area contributed by atoms with Crippen LogP contribution in [0.5, 0.6) is 5.75 Å². The number of rotatable bonds is 3. The van der Waals surface area contributed by atoms with Crippen molar-refractivity contribution in [3.63, 3.8) is 0 Å². The Morgan fingerprint density at radius 2 is 1.96 bits per heavy atom. The summed E-state index contributed by atoms with van der Waals surface area (Å²) < 4.78 is 34.1. The molecule has 0 saturated carbocycles. The molecule has 2 aliphatic rings. The summed E-state index contributed by atoms with van der Waals surface area (Å²) in [5.74, 6) is 0.565. The highest BCUT2D eigenvalue weighted by molar-refractivity contribution is 7.87. The highest BCUT2D eigenvalue weighted by atomic mass is 32.2. The van der Waals surface area contributed by atoms with Gasteiger partial charge in [0.05, 0.1) is 13.2 Å². The molecule has 2 aliphatic heterocycles. The molecule has 1 aromatic carbocycles. The van der Waals surface area contributed by atoms with Gasteiger partial charge in [0, 0.05) is 20.1 Å². The standard InChI is InChI=1S/C17H25N3O4S/c1-19-16(17(21)20-9-4-3-5-10-20)12-15(18-25(19,22)23)13-7-6-8-14(11-13)24-2/h6-8,11,15-16,18H,3-5,9-10,12H2,1-2H3/t15-,16+/m1/s1. The van der Waals surface area contributed by atoms with Gasteiger partial charge in [-0.3, -0.25) is 4.79 Å². The fourth-order valence-corrected chi connectivity index (χ4v) is 4.76. The van der Waals surface area contributed by atoms with E-state index in [9.17, 15) is 13.2 Å². The van der Waals surface area contributed by atoms with E-state index >= 15 is 0 Å². The molecule has 2 saturated heterocycles. The molecule has 0 aromatic heterocycles. The molecule has 1 aromatic rings. The minimum Gasteiger partial charge on any atom is -0.497 e. The minimum absolute atomic E-state index is 0.0971. The van der Waals surface area contributed by atoms with Crippen LogP contribution in [0.4, 0.5) is 0 Å². The number of nitrogens with one attached hydrogen (secondary N) is 1. The van der Waals surface area contributed by atoms with E-state index in [0.29, 0.717) is 25.3 Å². The average molecular weight is 367 g/mol. The van der Waals surface area contributed by atoms with Crippen LogP contribution < -0.4 is 9.46 Å². The molecular weight excluding hydrogens is 342 g/mol. The van der Waals surface area contributed by atoms with Gasteiger partial charge in [-0.2, -0.15) is 17.4 Å². The van der Waals surface area contributed by atoms with Crippen molar-refractivity contribution in [1.82, 2.24) is 13.9 Å². The van der Waals surface area contributed by atoms with E-state index in [-0.39, 0.29) is 5.91 Å². The van der Waals surface area contributed by atoms with Crippen molar-refractivity contribution >= 4 is 16.1 Å². The van der Waals surface area contributed by atoms with Gasteiger partial charge in [0.2, 0.25) is 5.91 Å². The lowest BCUT2D eigenvalue weighted by atomic mass is 9.98. The predicted molar refractivity (Wildman–Crippen MR) is 94.4 cm³/mol. The molecule has 0 unspecified atom stereocenters. The van der Waals surface area contributed by atoms with Gasteiger partial charge in [-0.1, -0.05) is 12.1 Å². The lowest BCUT2D eigenvalue weighted by Crippen LogP contribution is -2.58. The molecule has 2 atom stereocenters. The van der Waals surface area contributed by atoms with Crippen LogP contribution in [0.1, 0.15) is 37.3 Å². The summed E-state index contributed by atoms with van der Waals surface area (Å²) in [6, 6.07) is 6.16. The largest absolute Gasteiger partial charge is 0.497 e. The highest BCUT2D eigenvalue weighted by Gasteiger charge is 2.42. The summed E-state index contributed by atoms with van der Waals surface area (Å²) in [5.41, 5.74) is 0.799. The van der Waals surface area contributed by atoms with Crippen LogP contribution in [0, 0.1) is 0 Å². The van der Waals surface area contributed by atoms with Crippen molar-refractivity contribution in [2.45, 2.75) is 37.8 Å². The molecule has 1 amide bonds. The Hall–Kier alpha value is -1.64. The van der Waals surface area contributed by atoms with Gasteiger partial charge in [-0.25, -0.2) is 0 Å². The van der Waals surface area contributed by atoms with Gasteiger partial charge in [-0.05, 0) is 43.4 Å². The first kappa shape index (κ1) is 18.2. The van der Waals surface area contributed by atoms with E-state index in [4.69, 9.17) is 4.74 Å². The van der Waals surface area contributed by atoms with Gasteiger partial charge in [-0.15, -0.1) is 0 Å². The third-order valence-corrected chi connectivity index (χ3v) is 6.61. The summed E-state index contributed by atoms with van der Waals surface area (Å²) in [6.45, 7) is 1.42. The second-order valence-corrected chi connectivity index (χ2v) is 8.37. The fourth-order valence-electron chi connectivity index (χ4n) is 3.49. The molecule has 25 heavy (non-hydrogen) atoms. The van der Waals surface area contributed by atoms with E-state index in [1.165, 1.54) is 11.4 Å². The number of ether oxygens (including phenoxy) is 1. The summed E-state index contributed by atoms with van der Waals surface area (Å²) in [7, 11) is -0.677. The maximum Gasteiger partial charge on any atom is 0.280 e. The zero-order valence-electron chi connectivity index (χ0n) is 14.6. The smallest absolute Gasteiger partial charge is 0.280 e. The monoisotopic (exact) mass is 367 g/mol. The Bertz CT molecular complexity index is 731. The van der Waals surface area contributed by atoms with Gasteiger partial charge >= 0.3 is 0 Å². The topological polar surface area (TPSA) is 79.0 Å². The molecule has 2 fully saturated rings. The number of methoxy groups -OCH3 is 1. The van der Waals surface area contributed by atoms with Crippen molar-refractivity contribution in [3.8, 4) is 5.75 Å². The van der Waals surface area contributed by atoms with Crippen molar-refractivity contribution in [2.24, 2.45) is 0 Å². The van der Waals surface area contributed by atoms with E-state index in [2.05, 4.69) is 4.72 Å². The Kier molecular flexibility index (Phi) is 5.31. The number of hydrogen-bond acceptors (Lipinski definition) is 4. The number of piperidine rings is 1. The van der Waals surface area contributed by atoms with Gasteiger partial charge in [0.15, 0.2) is 0 Å². The second kappa shape index (κ2) is 7.31. The Balaban J connectivity index is 1.86. The van der Waals surface area contributed by atoms with E-state index in [0.717, 1.165) is 24.8 Å². The molecule has 0 radical (unpaired) electrons. The lowest BCUT2D eigenvalue weighted by Gasteiger charge is -2.39. The van der Waals surface area contributed by atoms with Crippen molar-refractivity contribution < 1.29 is 17.9 Å². The molecule has 0 aliphatic carbocycles. The number of carbonyl (C=O) groups excluding carboxylic acids is 1. The molecular formula is C17H25N3O4S. The summed E-state index contributed by atoms with van der Waals surface area (Å²) in [4.78, 5) is 14.7. The number of benzene rings is 1. The van der Waals surface area contributed by atoms with Crippen LogP contribution in [-0.4, -0.2) is 56.8 Å². The SMILES string of the molecule is COc1cccc([C@H]2C[C@@H](C(=O)N3CCCCC3)N(C)S(=O)(=O)N2)c1. The quantitative estimate of drug-likeness (QED) is 0.873. The van der Waals surface area contributed by atoms with Gasteiger partial charge in [0.25, 0.3) is 10.2 Å². The van der Waals surface area contributed by atoms with Crippen LogP contribution in [0.3, 0.4) is 0 Å².